The van der Waals surface area contributed by atoms with Gasteiger partial charge in [0.25, 0.3) is 0 Å². The van der Waals surface area contributed by atoms with Crippen molar-refractivity contribution in [3.63, 3.8) is 0 Å². The van der Waals surface area contributed by atoms with Gasteiger partial charge in [0.05, 0.1) is 18.6 Å². The second-order valence-corrected chi connectivity index (χ2v) is 12.5. The van der Waals surface area contributed by atoms with E-state index in [1.165, 1.54) is 4.31 Å². The second-order valence-electron chi connectivity index (χ2n) is 9.65. The van der Waals surface area contributed by atoms with Crippen molar-refractivity contribution in [1.82, 2.24) is 10.2 Å². The number of rotatable bonds is 13. The smallest absolute Gasteiger partial charge is 0.242 e. The minimum Gasteiger partial charge on any atom is -0.492 e. The first-order valence-corrected chi connectivity index (χ1v) is 15.8. The molecule has 208 valence electrons. The largest absolute Gasteiger partial charge is 0.492 e. The van der Waals surface area contributed by atoms with E-state index in [0.717, 1.165) is 42.0 Å². The number of carbonyl (C=O) groups excluding carboxylic acids is 2. The Labute approximate surface area is 234 Å². The number of hydrogen-bond acceptors (Lipinski definition) is 5. The van der Waals surface area contributed by atoms with Gasteiger partial charge in [-0.15, -0.1) is 0 Å². The molecule has 8 nitrogen and oxygen atoms in total. The molecule has 10 heteroatoms. The average Bonchev–Trinajstić information content (AvgIpc) is 3.39. The van der Waals surface area contributed by atoms with E-state index in [9.17, 15) is 18.0 Å². The molecule has 0 aliphatic heterocycles. The van der Waals surface area contributed by atoms with Gasteiger partial charge in [-0.2, -0.15) is 0 Å². The number of halogens is 1. The minimum absolute atomic E-state index is 0.0976. The van der Waals surface area contributed by atoms with Gasteiger partial charge in [-0.05, 0) is 62.9 Å². The normalized spacial score (nSPS) is 14.6. The number of nitrogens with one attached hydrogen (secondary N) is 1. The Hall–Kier alpha value is -2.59. The second kappa shape index (κ2) is 14.0. The first-order valence-electron chi connectivity index (χ1n) is 13.1. The third-order valence-corrected chi connectivity index (χ3v) is 8.43. The third-order valence-electron chi connectivity index (χ3n) is 6.72. The molecule has 0 radical (unpaired) electrons. The van der Waals surface area contributed by atoms with Crippen LogP contribution < -0.4 is 14.4 Å². The zero-order valence-electron chi connectivity index (χ0n) is 22.4. The fourth-order valence-corrected chi connectivity index (χ4v) is 5.92. The molecule has 2 aromatic carbocycles. The van der Waals surface area contributed by atoms with E-state index in [1.807, 2.05) is 31.2 Å². The highest BCUT2D eigenvalue weighted by molar-refractivity contribution is 9.10. The van der Waals surface area contributed by atoms with Crippen molar-refractivity contribution in [3.8, 4) is 5.75 Å². The maximum atomic E-state index is 13.5. The zero-order valence-corrected chi connectivity index (χ0v) is 24.8. The molecular weight excluding hydrogens is 570 g/mol. The third kappa shape index (κ3) is 8.46. The zero-order chi connectivity index (χ0) is 27.7. The van der Waals surface area contributed by atoms with Crippen molar-refractivity contribution in [2.45, 2.75) is 71.0 Å². The van der Waals surface area contributed by atoms with Gasteiger partial charge in [0.1, 0.15) is 11.8 Å². The van der Waals surface area contributed by atoms with Gasteiger partial charge < -0.3 is 15.0 Å². The molecular formula is C28H38BrN3O5S. The maximum Gasteiger partial charge on any atom is 0.242 e. The van der Waals surface area contributed by atoms with Crippen LogP contribution in [0.15, 0.2) is 53.0 Å². The van der Waals surface area contributed by atoms with E-state index in [1.54, 1.807) is 36.1 Å². The van der Waals surface area contributed by atoms with Crippen LogP contribution in [0.2, 0.25) is 0 Å². The van der Waals surface area contributed by atoms with Crippen LogP contribution in [0.5, 0.6) is 5.75 Å². The summed E-state index contributed by atoms with van der Waals surface area (Å²) in [6, 6.07) is 14.1. The van der Waals surface area contributed by atoms with Crippen molar-refractivity contribution in [1.29, 1.82) is 0 Å². The predicted octanol–water partition coefficient (Wildman–Crippen LogP) is 4.87. The van der Waals surface area contributed by atoms with Crippen molar-refractivity contribution in [3.05, 3.63) is 58.6 Å². The number of sulfonamides is 1. The Balaban J connectivity index is 1.73. The molecule has 0 bridgehead atoms. The lowest BCUT2D eigenvalue weighted by atomic mass is 10.1. The van der Waals surface area contributed by atoms with E-state index in [2.05, 4.69) is 21.2 Å². The van der Waals surface area contributed by atoms with Gasteiger partial charge >= 0.3 is 0 Å². The molecule has 1 aliphatic carbocycles. The molecule has 0 heterocycles. The standard InChI is InChI=1S/C28H38BrN3O5S/c1-4-37-26-13-8-7-12-25(26)32(38(3,35)36)19-9-14-27(33)31(20-22-15-17-23(29)18-16-22)21(2)28(34)30-24-10-5-6-11-24/h7-8,12-13,15-18,21,24H,4-6,9-11,14,19-20H2,1-3H3,(H,30,34)/t21-/m0/s1. The Morgan fingerprint density at radius 2 is 1.76 bits per heavy atom. The molecule has 0 unspecified atom stereocenters. The first-order chi connectivity index (χ1) is 18.1. The topological polar surface area (TPSA) is 96.0 Å². The summed E-state index contributed by atoms with van der Waals surface area (Å²) in [5, 5.41) is 3.10. The van der Waals surface area contributed by atoms with Crippen LogP contribution in [-0.2, 0) is 26.2 Å². The summed E-state index contributed by atoms with van der Waals surface area (Å²) in [4.78, 5) is 28.1. The fourth-order valence-electron chi connectivity index (χ4n) is 4.68. The number of amides is 2. The van der Waals surface area contributed by atoms with Gasteiger partial charge in [0.2, 0.25) is 21.8 Å². The van der Waals surface area contributed by atoms with Gasteiger partial charge in [0.15, 0.2) is 0 Å². The van der Waals surface area contributed by atoms with Crippen molar-refractivity contribution < 1.29 is 22.7 Å². The molecule has 3 rings (SSSR count). The van der Waals surface area contributed by atoms with Crippen molar-refractivity contribution in [2.75, 3.05) is 23.7 Å². The molecule has 1 aliphatic rings. The van der Waals surface area contributed by atoms with Gasteiger partial charge in [-0.1, -0.05) is 53.0 Å². The number of benzene rings is 2. The number of para-hydroxylation sites is 2. The van der Waals surface area contributed by atoms with E-state index in [-0.39, 0.29) is 37.4 Å². The van der Waals surface area contributed by atoms with Crippen LogP contribution in [0.25, 0.3) is 0 Å². The van der Waals surface area contributed by atoms with Gasteiger partial charge in [-0.3, -0.25) is 13.9 Å². The predicted molar refractivity (Wildman–Crippen MR) is 154 cm³/mol. The fraction of sp³-hybridized carbons (Fsp3) is 0.500. The molecule has 1 saturated carbocycles. The Bertz CT molecular complexity index is 1180. The van der Waals surface area contributed by atoms with Crippen LogP contribution in [0, 0.1) is 0 Å². The Kier molecular flexibility index (Phi) is 11.0. The first kappa shape index (κ1) is 30.0. The molecule has 2 amide bonds. The van der Waals surface area contributed by atoms with E-state index >= 15 is 0 Å². The van der Waals surface area contributed by atoms with Crippen LogP contribution in [0.4, 0.5) is 5.69 Å². The number of anilines is 1. The summed E-state index contributed by atoms with van der Waals surface area (Å²) >= 11 is 3.43. The van der Waals surface area contributed by atoms with Crippen molar-refractivity contribution in [2.24, 2.45) is 0 Å². The molecule has 0 aromatic heterocycles. The molecule has 2 aromatic rings. The minimum atomic E-state index is -3.61. The Morgan fingerprint density at radius 1 is 1.11 bits per heavy atom. The van der Waals surface area contributed by atoms with E-state index in [0.29, 0.717) is 24.5 Å². The summed E-state index contributed by atoms with van der Waals surface area (Å²) < 4.78 is 33.1. The summed E-state index contributed by atoms with van der Waals surface area (Å²) in [5.74, 6) is 0.111. The number of ether oxygens (including phenoxy) is 1. The molecule has 1 fully saturated rings. The van der Waals surface area contributed by atoms with Crippen LogP contribution in [-0.4, -0.2) is 56.6 Å². The van der Waals surface area contributed by atoms with Gasteiger partial charge in [0, 0.05) is 30.0 Å². The summed E-state index contributed by atoms with van der Waals surface area (Å²) in [5.41, 5.74) is 1.35. The Morgan fingerprint density at radius 3 is 2.39 bits per heavy atom. The molecule has 38 heavy (non-hydrogen) atoms. The maximum absolute atomic E-state index is 13.5. The van der Waals surface area contributed by atoms with Crippen molar-refractivity contribution >= 4 is 43.5 Å². The number of carbonyl (C=O) groups is 2. The number of nitrogens with zero attached hydrogens (tertiary/aromatic N) is 2. The lowest BCUT2D eigenvalue weighted by Gasteiger charge is -2.30. The summed E-state index contributed by atoms with van der Waals surface area (Å²) in [6.07, 6.45) is 5.66. The van der Waals surface area contributed by atoms with Crippen LogP contribution in [0.3, 0.4) is 0 Å². The van der Waals surface area contributed by atoms with E-state index in [4.69, 9.17) is 4.74 Å². The van der Waals surface area contributed by atoms with Gasteiger partial charge in [-0.25, -0.2) is 8.42 Å². The molecule has 0 spiro atoms. The lowest BCUT2D eigenvalue weighted by Crippen LogP contribution is -2.49. The summed E-state index contributed by atoms with van der Waals surface area (Å²) in [6.45, 7) is 4.39. The molecule has 0 saturated heterocycles. The molecule has 1 atom stereocenters. The van der Waals surface area contributed by atoms with Crippen LogP contribution in [0.1, 0.15) is 57.9 Å². The lowest BCUT2D eigenvalue weighted by molar-refractivity contribution is -0.141. The van der Waals surface area contributed by atoms with E-state index < -0.39 is 16.1 Å². The average molecular weight is 609 g/mol. The highest BCUT2D eigenvalue weighted by Crippen LogP contribution is 2.30. The molecule has 1 N–H and O–H groups in total. The highest BCUT2D eigenvalue weighted by Gasteiger charge is 2.29. The monoisotopic (exact) mass is 607 g/mol. The SMILES string of the molecule is CCOc1ccccc1N(CCCC(=O)N(Cc1ccc(Br)cc1)[C@@H](C)C(=O)NC1CCCC1)S(C)(=O)=O. The number of hydrogen-bond donors (Lipinski definition) is 1. The van der Waals surface area contributed by atoms with Crippen LogP contribution >= 0.6 is 15.9 Å². The highest BCUT2D eigenvalue weighted by atomic mass is 79.9. The summed E-state index contributed by atoms with van der Waals surface area (Å²) in [7, 11) is -3.61. The quantitative estimate of drug-likeness (QED) is 0.350.